The van der Waals surface area contributed by atoms with E-state index in [9.17, 15) is 18.0 Å². The van der Waals surface area contributed by atoms with Gasteiger partial charge in [0.1, 0.15) is 5.60 Å². The lowest BCUT2D eigenvalue weighted by Crippen LogP contribution is -2.34. The average molecular weight is 368 g/mol. The van der Waals surface area contributed by atoms with E-state index in [1.54, 1.807) is 27.7 Å². The number of carbonyl (C=O) groups is 1. The smallest absolute Gasteiger partial charge is 0.416 e. The molecule has 0 saturated heterocycles. The van der Waals surface area contributed by atoms with Crippen molar-refractivity contribution in [2.24, 2.45) is 0 Å². The third-order valence-corrected chi connectivity index (χ3v) is 3.25. The normalized spacial score (nSPS) is 13.7. The van der Waals surface area contributed by atoms with Gasteiger partial charge in [0, 0.05) is 4.47 Å². The van der Waals surface area contributed by atoms with Gasteiger partial charge in [-0.25, -0.2) is 4.79 Å². The third-order valence-electron chi connectivity index (χ3n) is 2.52. The summed E-state index contributed by atoms with van der Waals surface area (Å²) >= 11 is 3.19. The summed E-state index contributed by atoms with van der Waals surface area (Å²) in [6.07, 6.45) is -5.11. The summed E-state index contributed by atoms with van der Waals surface area (Å²) in [4.78, 5) is 11.7. The topological polar surface area (TPSA) is 38.3 Å². The van der Waals surface area contributed by atoms with Crippen molar-refractivity contribution in [1.29, 1.82) is 0 Å². The number of hydrogen-bond donors (Lipinski definition) is 1. The van der Waals surface area contributed by atoms with Crippen LogP contribution in [-0.2, 0) is 10.9 Å². The van der Waals surface area contributed by atoms with Gasteiger partial charge in [0.25, 0.3) is 0 Å². The Hall–Kier alpha value is -1.24. The van der Waals surface area contributed by atoms with E-state index >= 15 is 0 Å². The molecule has 0 spiro atoms. The molecule has 0 heterocycles. The first-order valence-corrected chi connectivity index (χ1v) is 7.05. The van der Waals surface area contributed by atoms with E-state index in [0.29, 0.717) is 10.0 Å². The number of halogens is 4. The second-order valence-corrected chi connectivity index (χ2v) is 6.46. The molecule has 1 aromatic rings. The Morgan fingerprint density at radius 1 is 1.29 bits per heavy atom. The van der Waals surface area contributed by atoms with Crippen LogP contribution in [0, 0.1) is 0 Å². The summed E-state index contributed by atoms with van der Waals surface area (Å²) in [5.41, 5.74) is -1.11. The van der Waals surface area contributed by atoms with Crippen molar-refractivity contribution in [3.8, 4) is 0 Å². The Balaban J connectivity index is 2.92. The second-order valence-electron chi connectivity index (χ2n) is 5.60. The molecule has 1 N–H and O–H groups in total. The lowest BCUT2D eigenvalue weighted by molar-refractivity contribution is -0.137. The molecular formula is C14H17BrF3NO2. The monoisotopic (exact) mass is 367 g/mol. The van der Waals surface area contributed by atoms with Crippen molar-refractivity contribution < 1.29 is 22.7 Å². The van der Waals surface area contributed by atoms with Gasteiger partial charge in [-0.1, -0.05) is 15.9 Å². The molecule has 1 aromatic carbocycles. The van der Waals surface area contributed by atoms with Crippen LogP contribution in [0.1, 0.15) is 44.9 Å². The van der Waals surface area contributed by atoms with Crippen LogP contribution in [0.15, 0.2) is 22.7 Å². The van der Waals surface area contributed by atoms with Crippen molar-refractivity contribution >= 4 is 22.0 Å². The minimum absolute atomic E-state index is 0.329. The molecule has 1 amide bonds. The Morgan fingerprint density at radius 2 is 1.86 bits per heavy atom. The number of ether oxygens (including phenoxy) is 1. The number of rotatable bonds is 2. The molecule has 1 atom stereocenters. The predicted molar refractivity (Wildman–Crippen MR) is 76.9 cm³/mol. The Labute approximate surface area is 130 Å². The van der Waals surface area contributed by atoms with Gasteiger partial charge in [0.15, 0.2) is 0 Å². The molecule has 1 rings (SSSR count). The first-order chi connectivity index (χ1) is 9.40. The Bertz CT molecular complexity index is 524. The van der Waals surface area contributed by atoms with Gasteiger partial charge in [-0.3, -0.25) is 0 Å². The highest BCUT2D eigenvalue weighted by Gasteiger charge is 2.31. The van der Waals surface area contributed by atoms with Crippen molar-refractivity contribution in [2.75, 3.05) is 0 Å². The highest BCUT2D eigenvalue weighted by atomic mass is 79.9. The minimum atomic E-state index is -4.43. The molecule has 0 fully saturated rings. The molecule has 0 saturated carbocycles. The molecule has 0 aliphatic rings. The van der Waals surface area contributed by atoms with Crippen LogP contribution in [-0.4, -0.2) is 11.7 Å². The lowest BCUT2D eigenvalue weighted by atomic mass is 10.1. The quantitative estimate of drug-likeness (QED) is 0.793. The molecule has 0 aliphatic carbocycles. The summed E-state index contributed by atoms with van der Waals surface area (Å²) < 4.78 is 43.7. The van der Waals surface area contributed by atoms with Crippen molar-refractivity contribution in [1.82, 2.24) is 5.32 Å². The van der Waals surface area contributed by atoms with Gasteiger partial charge in [-0.05, 0) is 51.5 Å². The standard InChI is InChI=1S/C14H17BrF3NO2/c1-8(19-12(20)21-13(2,3)4)10-7-9(14(16,17)18)5-6-11(10)15/h5-8H,1-4H3,(H,19,20)/t8-/m0/s1. The van der Waals surface area contributed by atoms with E-state index < -0.39 is 29.5 Å². The molecule has 0 aliphatic heterocycles. The maximum absolute atomic E-state index is 12.7. The highest BCUT2D eigenvalue weighted by molar-refractivity contribution is 9.10. The van der Waals surface area contributed by atoms with E-state index in [2.05, 4.69) is 21.2 Å². The zero-order valence-corrected chi connectivity index (χ0v) is 13.7. The van der Waals surface area contributed by atoms with E-state index in [1.165, 1.54) is 6.07 Å². The number of benzene rings is 1. The molecule has 118 valence electrons. The fourth-order valence-corrected chi connectivity index (χ4v) is 2.20. The SMILES string of the molecule is C[C@H](NC(=O)OC(C)(C)C)c1cc(C(F)(F)F)ccc1Br. The maximum Gasteiger partial charge on any atom is 0.416 e. The minimum Gasteiger partial charge on any atom is -0.444 e. The summed E-state index contributed by atoms with van der Waals surface area (Å²) in [5, 5.41) is 2.51. The van der Waals surface area contributed by atoms with Gasteiger partial charge in [-0.15, -0.1) is 0 Å². The maximum atomic E-state index is 12.7. The summed E-state index contributed by atoms with van der Waals surface area (Å²) in [6.45, 7) is 6.70. The number of hydrogen-bond acceptors (Lipinski definition) is 2. The van der Waals surface area contributed by atoms with Gasteiger partial charge in [0.2, 0.25) is 0 Å². The van der Waals surface area contributed by atoms with Gasteiger partial charge < -0.3 is 10.1 Å². The zero-order chi connectivity index (χ0) is 16.4. The molecule has 21 heavy (non-hydrogen) atoms. The third kappa shape index (κ3) is 5.57. The van der Waals surface area contributed by atoms with Crippen LogP contribution in [0.5, 0.6) is 0 Å². The second kappa shape index (κ2) is 6.25. The van der Waals surface area contributed by atoms with Gasteiger partial charge >= 0.3 is 12.3 Å². The van der Waals surface area contributed by atoms with Crippen LogP contribution in [0.2, 0.25) is 0 Å². The van der Waals surface area contributed by atoms with Crippen molar-refractivity contribution in [3.05, 3.63) is 33.8 Å². The highest BCUT2D eigenvalue weighted by Crippen LogP contribution is 2.33. The van der Waals surface area contributed by atoms with Gasteiger partial charge in [-0.2, -0.15) is 13.2 Å². The summed E-state index contributed by atoms with van der Waals surface area (Å²) in [6, 6.07) is 2.67. The number of carbonyl (C=O) groups excluding carboxylic acids is 1. The van der Waals surface area contributed by atoms with Crippen LogP contribution in [0.25, 0.3) is 0 Å². The van der Waals surface area contributed by atoms with E-state index in [0.717, 1.165) is 12.1 Å². The number of nitrogens with one attached hydrogen (secondary N) is 1. The van der Waals surface area contributed by atoms with Crippen LogP contribution in [0.4, 0.5) is 18.0 Å². The van der Waals surface area contributed by atoms with E-state index in [4.69, 9.17) is 4.74 Å². The molecule has 0 radical (unpaired) electrons. The molecule has 0 aromatic heterocycles. The number of alkyl halides is 3. The Kier molecular flexibility index (Phi) is 5.30. The van der Waals surface area contributed by atoms with Gasteiger partial charge in [0.05, 0.1) is 11.6 Å². The van der Waals surface area contributed by atoms with Crippen LogP contribution in [0.3, 0.4) is 0 Å². The van der Waals surface area contributed by atoms with Crippen molar-refractivity contribution in [2.45, 2.75) is 45.5 Å². The zero-order valence-electron chi connectivity index (χ0n) is 12.1. The Morgan fingerprint density at radius 3 is 2.33 bits per heavy atom. The first kappa shape index (κ1) is 17.8. The predicted octanol–water partition coefficient (Wildman–Crippen LogP) is 5.05. The summed E-state index contributed by atoms with van der Waals surface area (Å²) in [7, 11) is 0. The summed E-state index contributed by atoms with van der Waals surface area (Å²) in [5.74, 6) is 0. The molecular weight excluding hydrogens is 351 g/mol. The first-order valence-electron chi connectivity index (χ1n) is 6.26. The van der Waals surface area contributed by atoms with E-state index in [1.807, 2.05) is 0 Å². The molecule has 0 unspecified atom stereocenters. The molecule has 3 nitrogen and oxygen atoms in total. The molecule has 0 bridgehead atoms. The van der Waals surface area contributed by atoms with Crippen LogP contribution >= 0.6 is 15.9 Å². The fourth-order valence-electron chi connectivity index (χ4n) is 1.61. The lowest BCUT2D eigenvalue weighted by Gasteiger charge is -2.23. The average Bonchev–Trinajstić information content (AvgIpc) is 2.24. The van der Waals surface area contributed by atoms with Crippen molar-refractivity contribution in [3.63, 3.8) is 0 Å². The van der Waals surface area contributed by atoms with E-state index in [-0.39, 0.29) is 0 Å². The molecule has 7 heteroatoms. The van der Waals surface area contributed by atoms with Crippen LogP contribution < -0.4 is 5.32 Å². The largest absolute Gasteiger partial charge is 0.444 e. The number of amides is 1. The fraction of sp³-hybridized carbons (Fsp3) is 0.500. The number of alkyl carbamates (subject to hydrolysis) is 1.